The second-order valence-electron chi connectivity index (χ2n) is 5.29. The number of aryl methyl sites for hydroxylation is 2. The van der Waals surface area contributed by atoms with Gasteiger partial charge >= 0.3 is 0 Å². The molecule has 3 rings (SSSR count). The van der Waals surface area contributed by atoms with Crippen LogP contribution in [0.25, 0.3) is 10.8 Å². The molecular weight excluding hydrogens is 264 g/mol. The summed E-state index contributed by atoms with van der Waals surface area (Å²) in [6.07, 6.45) is 0. The maximum Gasteiger partial charge on any atom is 0.0844 e. The van der Waals surface area contributed by atoms with Crippen LogP contribution in [0, 0.1) is 13.8 Å². The highest BCUT2D eigenvalue weighted by Gasteiger charge is 2.15. The fraction of sp³-hybridized carbons (Fsp3) is 0.158. The van der Waals surface area contributed by atoms with Crippen molar-refractivity contribution in [3.63, 3.8) is 0 Å². The van der Waals surface area contributed by atoms with Crippen molar-refractivity contribution in [2.45, 2.75) is 19.2 Å². The highest BCUT2D eigenvalue weighted by Crippen LogP contribution is 2.35. The molecule has 0 heterocycles. The van der Waals surface area contributed by atoms with E-state index in [4.69, 9.17) is 11.6 Å². The maximum atomic E-state index is 6.79. The normalized spacial score (nSPS) is 12.6. The number of halogens is 1. The van der Waals surface area contributed by atoms with Gasteiger partial charge in [0.1, 0.15) is 0 Å². The Labute approximate surface area is 125 Å². The quantitative estimate of drug-likeness (QED) is 0.522. The van der Waals surface area contributed by atoms with Crippen molar-refractivity contribution in [2.24, 2.45) is 0 Å². The van der Waals surface area contributed by atoms with E-state index in [1.54, 1.807) is 0 Å². The van der Waals surface area contributed by atoms with Crippen LogP contribution in [-0.4, -0.2) is 0 Å². The molecule has 0 aliphatic rings. The molecule has 1 atom stereocenters. The first kappa shape index (κ1) is 13.2. The molecule has 0 N–H and O–H groups in total. The summed E-state index contributed by atoms with van der Waals surface area (Å²) in [6, 6.07) is 21.2. The van der Waals surface area contributed by atoms with Crippen LogP contribution in [0.15, 0.2) is 60.7 Å². The second kappa shape index (κ2) is 5.30. The van der Waals surface area contributed by atoms with Gasteiger partial charge in [-0.15, -0.1) is 11.6 Å². The lowest BCUT2D eigenvalue weighted by molar-refractivity contribution is 1.12. The summed E-state index contributed by atoms with van der Waals surface area (Å²) in [4.78, 5) is 0. The van der Waals surface area contributed by atoms with E-state index in [1.807, 2.05) is 0 Å². The number of fused-ring (bicyclic) bond motifs is 1. The summed E-state index contributed by atoms with van der Waals surface area (Å²) >= 11 is 6.79. The molecule has 0 aliphatic carbocycles. The fourth-order valence-electron chi connectivity index (χ4n) is 2.67. The van der Waals surface area contributed by atoms with E-state index in [-0.39, 0.29) is 5.38 Å². The van der Waals surface area contributed by atoms with E-state index in [0.717, 1.165) is 0 Å². The molecule has 0 aliphatic heterocycles. The molecule has 1 unspecified atom stereocenters. The third-order valence-electron chi connectivity index (χ3n) is 3.80. The molecule has 1 heteroatoms. The van der Waals surface area contributed by atoms with Crippen molar-refractivity contribution in [3.8, 4) is 0 Å². The fourth-order valence-corrected chi connectivity index (χ4v) is 3.10. The van der Waals surface area contributed by atoms with Crippen molar-refractivity contribution < 1.29 is 0 Å². The molecule has 0 radical (unpaired) electrons. The predicted octanol–water partition coefficient (Wildman–Crippen LogP) is 5.78. The summed E-state index contributed by atoms with van der Waals surface area (Å²) in [5, 5.41) is 2.36. The Bertz CT molecular complexity index is 753. The van der Waals surface area contributed by atoms with Crippen LogP contribution in [0.3, 0.4) is 0 Å². The van der Waals surface area contributed by atoms with E-state index in [0.29, 0.717) is 0 Å². The Morgan fingerprint density at radius 2 is 1.55 bits per heavy atom. The van der Waals surface area contributed by atoms with E-state index in [2.05, 4.69) is 74.5 Å². The van der Waals surface area contributed by atoms with E-state index >= 15 is 0 Å². The molecule has 0 fully saturated rings. The largest absolute Gasteiger partial charge is 0.113 e. The molecule has 0 amide bonds. The minimum absolute atomic E-state index is 0.110. The van der Waals surface area contributed by atoms with Crippen LogP contribution in [0.5, 0.6) is 0 Å². The van der Waals surface area contributed by atoms with Crippen molar-refractivity contribution in [2.75, 3.05) is 0 Å². The van der Waals surface area contributed by atoms with E-state index in [1.165, 1.54) is 33.0 Å². The van der Waals surface area contributed by atoms with Gasteiger partial charge in [0.05, 0.1) is 5.38 Å². The first-order valence-electron chi connectivity index (χ1n) is 6.85. The maximum absolute atomic E-state index is 6.79. The monoisotopic (exact) mass is 280 g/mol. The Kier molecular flexibility index (Phi) is 3.50. The van der Waals surface area contributed by atoms with Gasteiger partial charge in [0, 0.05) is 0 Å². The van der Waals surface area contributed by atoms with E-state index in [9.17, 15) is 0 Å². The van der Waals surface area contributed by atoms with Gasteiger partial charge in [-0.3, -0.25) is 0 Å². The Morgan fingerprint density at radius 3 is 2.40 bits per heavy atom. The molecule has 0 spiro atoms. The lowest BCUT2D eigenvalue weighted by Gasteiger charge is -2.16. The zero-order valence-corrected chi connectivity index (χ0v) is 12.5. The SMILES string of the molecule is Cc1ccc(C)c(C(Cl)c2cccc3ccccc23)c1. The van der Waals surface area contributed by atoms with Gasteiger partial charge in [-0.2, -0.15) is 0 Å². The summed E-state index contributed by atoms with van der Waals surface area (Å²) in [6.45, 7) is 4.23. The Morgan fingerprint density at radius 1 is 0.800 bits per heavy atom. The molecule has 3 aromatic carbocycles. The molecule has 20 heavy (non-hydrogen) atoms. The van der Waals surface area contributed by atoms with Crippen LogP contribution in [0.4, 0.5) is 0 Å². The standard InChI is InChI=1S/C19H17Cl/c1-13-10-11-14(2)18(12-13)19(20)17-9-5-7-15-6-3-4-8-16(15)17/h3-12,19H,1-2H3. The molecule has 0 nitrogen and oxygen atoms in total. The van der Waals surface area contributed by atoms with Gasteiger partial charge in [0.15, 0.2) is 0 Å². The number of rotatable bonds is 2. The Hall–Kier alpha value is -1.79. The number of benzene rings is 3. The van der Waals surface area contributed by atoms with Crippen molar-refractivity contribution in [3.05, 3.63) is 82.9 Å². The smallest absolute Gasteiger partial charge is 0.0844 e. The molecule has 0 saturated heterocycles. The predicted molar refractivity (Wildman–Crippen MR) is 87.6 cm³/mol. The van der Waals surface area contributed by atoms with Crippen LogP contribution in [0.2, 0.25) is 0 Å². The minimum atomic E-state index is -0.110. The summed E-state index contributed by atoms with van der Waals surface area (Å²) < 4.78 is 0. The summed E-state index contributed by atoms with van der Waals surface area (Å²) in [7, 11) is 0. The minimum Gasteiger partial charge on any atom is -0.113 e. The van der Waals surface area contributed by atoms with Crippen molar-refractivity contribution in [1.82, 2.24) is 0 Å². The van der Waals surface area contributed by atoms with Crippen LogP contribution in [-0.2, 0) is 0 Å². The highest BCUT2D eigenvalue weighted by molar-refractivity contribution is 6.23. The van der Waals surface area contributed by atoms with Gasteiger partial charge in [-0.1, -0.05) is 66.2 Å². The van der Waals surface area contributed by atoms with Gasteiger partial charge in [0.25, 0.3) is 0 Å². The first-order valence-corrected chi connectivity index (χ1v) is 7.29. The number of hydrogen-bond acceptors (Lipinski definition) is 0. The average molecular weight is 281 g/mol. The molecule has 3 aromatic rings. The zero-order chi connectivity index (χ0) is 14.1. The van der Waals surface area contributed by atoms with Crippen LogP contribution in [0.1, 0.15) is 27.6 Å². The van der Waals surface area contributed by atoms with Crippen LogP contribution < -0.4 is 0 Å². The third-order valence-corrected chi connectivity index (χ3v) is 4.27. The summed E-state index contributed by atoms with van der Waals surface area (Å²) in [5.74, 6) is 0. The van der Waals surface area contributed by atoms with Crippen molar-refractivity contribution >= 4 is 22.4 Å². The number of hydrogen-bond donors (Lipinski definition) is 0. The van der Waals surface area contributed by atoms with Gasteiger partial charge < -0.3 is 0 Å². The van der Waals surface area contributed by atoms with E-state index < -0.39 is 0 Å². The topological polar surface area (TPSA) is 0 Å². The van der Waals surface area contributed by atoms with Gasteiger partial charge in [-0.05, 0) is 41.3 Å². The Balaban J connectivity index is 2.17. The first-order chi connectivity index (χ1) is 9.66. The third kappa shape index (κ3) is 2.32. The molecule has 100 valence electrons. The molecule has 0 aromatic heterocycles. The lowest BCUT2D eigenvalue weighted by Crippen LogP contribution is -1.98. The molecule has 0 bridgehead atoms. The van der Waals surface area contributed by atoms with Gasteiger partial charge in [-0.25, -0.2) is 0 Å². The number of alkyl halides is 1. The average Bonchev–Trinajstić information content (AvgIpc) is 2.48. The second-order valence-corrected chi connectivity index (χ2v) is 5.73. The van der Waals surface area contributed by atoms with Gasteiger partial charge in [0.2, 0.25) is 0 Å². The molecular formula is C19H17Cl. The van der Waals surface area contributed by atoms with Crippen LogP contribution >= 0.6 is 11.6 Å². The highest BCUT2D eigenvalue weighted by atomic mass is 35.5. The molecule has 0 saturated carbocycles. The zero-order valence-electron chi connectivity index (χ0n) is 11.7. The lowest BCUT2D eigenvalue weighted by atomic mass is 9.94. The summed E-state index contributed by atoms with van der Waals surface area (Å²) in [5.41, 5.74) is 4.86. The van der Waals surface area contributed by atoms with Crippen molar-refractivity contribution in [1.29, 1.82) is 0 Å².